The molecule has 0 saturated carbocycles. The number of hydrogen-bond acceptors (Lipinski definition) is 6. The summed E-state index contributed by atoms with van der Waals surface area (Å²) in [5, 5.41) is 16.1. The number of carbonyl (C=O) groups is 2. The van der Waals surface area contributed by atoms with Crippen molar-refractivity contribution in [3.63, 3.8) is 0 Å². The number of aromatic hydroxyl groups is 1. The number of rotatable bonds is 9. The lowest BCUT2D eigenvalue weighted by Gasteiger charge is -2.13. The van der Waals surface area contributed by atoms with Crippen LogP contribution in [0.2, 0.25) is 0 Å². The van der Waals surface area contributed by atoms with Gasteiger partial charge in [-0.15, -0.1) is 0 Å². The Kier molecular flexibility index (Phi) is 8.02. The molecule has 8 nitrogen and oxygen atoms in total. The van der Waals surface area contributed by atoms with Gasteiger partial charge in [-0.25, -0.2) is 5.43 Å². The summed E-state index contributed by atoms with van der Waals surface area (Å²) < 4.78 is 11.3. The quantitative estimate of drug-likeness (QED) is 0.341. The molecular formula is C25H25N3O5. The molecule has 0 bridgehead atoms. The maximum Gasteiger partial charge on any atom is 0.271 e. The Morgan fingerprint density at radius 3 is 2.48 bits per heavy atom. The molecule has 3 rings (SSSR count). The molecule has 33 heavy (non-hydrogen) atoms. The summed E-state index contributed by atoms with van der Waals surface area (Å²) in [6.45, 7) is 3.98. The number of para-hydroxylation sites is 1. The average molecular weight is 447 g/mol. The van der Waals surface area contributed by atoms with Crippen molar-refractivity contribution in [3.05, 3.63) is 83.4 Å². The Balaban J connectivity index is 1.60. The summed E-state index contributed by atoms with van der Waals surface area (Å²) in [6.07, 6.45) is 1.47. The maximum absolute atomic E-state index is 12.3. The second kappa shape index (κ2) is 11.3. The summed E-state index contributed by atoms with van der Waals surface area (Å²) in [7, 11) is 0. The van der Waals surface area contributed by atoms with Crippen molar-refractivity contribution in [2.45, 2.75) is 13.8 Å². The third-order valence-corrected chi connectivity index (χ3v) is 4.55. The largest absolute Gasteiger partial charge is 0.508 e. The van der Waals surface area contributed by atoms with Gasteiger partial charge in [0.25, 0.3) is 11.8 Å². The molecule has 0 aromatic heterocycles. The number of phenolic OH excluding ortho intramolecular Hbond substituents is 1. The first-order chi connectivity index (χ1) is 16.0. The van der Waals surface area contributed by atoms with E-state index in [1.807, 2.05) is 38.1 Å². The van der Waals surface area contributed by atoms with E-state index in [-0.39, 0.29) is 18.3 Å². The number of ether oxygens (including phenoxy) is 2. The van der Waals surface area contributed by atoms with Gasteiger partial charge < -0.3 is 19.9 Å². The van der Waals surface area contributed by atoms with Crippen LogP contribution in [0, 0.1) is 6.92 Å². The van der Waals surface area contributed by atoms with Gasteiger partial charge in [-0.1, -0.05) is 18.2 Å². The van der Waals surface area contributed by atoms with E-state index >= 15 is 0 Å². The SMILES string of the molecule is CCOc1cc(/C=N\NC(=O)c2ccc(O)cc2)ccc1OCC(=O)Nc1ccccc1C. The molecule has 0 atom stereocenters. The Morgan fingerprint density at radius 2 is 1.76 bits per heavy atom. The molecule has 3 aromatic carbocycles. The van der Waals surface area contributed by atoms with Gasteiger partial charge in [0.1, 0.15) is 5.75 Å². The van der Waals surface area contributed by atoms with Crippen molar-refractivity contribution >= 4 is 23.7 Å². The van der Waals surface area contributed by atoms with Crippen LogP contribution in [0.25, 0.3) is 0 Å². The highest BCUT2D eigenvalue weighted by Crippen LogP contribution is 2.28. The first kappa shape index (κ1) is 23.3. The van der Waals surface area contributed by atoms with Crippen LogP contribution in [-0.2, 0) is 4.79 Å². The van der Waals surface area contributed by atoms with E-state index in [1.165, 1.54) is 30.5 Å². The predicted octanol–water partition coefficient (Wildman–Crippen LogP) is 3.88. The van der Waals surface area contributed by atoms with Crippen molar-refractivity contribution < 1.29 is 24.2 Å². The standard InChI is InChI=1S/C25H25N3O5/c1-3-32-23-14-18(15-26-28-25(31)19-9-11-20(29)12-10-19)8-13-22(23)33-16-24(30)27-21-7-5-4-6-17(21)2/h4-15,29H,3,16H2,1-2H3,(H,27,30)(H,28,31)/b26-15-. The smallest absolute Gasteiger partial charge is 0.271 e. The zero-order chi connectivity index (χ0) is 23.6. The minimum atomic E-state index is -0.407. The number of carbonyl (C=O) groups excluding carboxylic acids is 2. The van der Waals surface area contributed by atoms with Crippen LogP contribution in [0.5, 0.6) is 17.2 Å². The number of anilines is 1. The van der Waals surface area contributed by atoms with E-state index < -0.39 is 5.91 Å². The molecule has 0 unspecified atom stereocenters. The van der Waals surface area contributed by atoms with E-state index in [0.717, 1.165) is 11.3 Å². The third kappa shape index (κ3) is 6.83. The Morgan fingerprint density at radius 1 is 1.00 bits per heavy atom. The second-order valence-corrected chi connectivity index (χ2v) is 7.04. The van der Waals surface area contributed by atoms with Crippen LogP contribution in [0.3, 0.4) is 0 Å². The minimum Gasteiger partial charge on any atom is -0.508 e. The van der Waals surface area contributed by atoms with Crippen LogP contribution < -0.4 is 20.2 Å². The van der Waals surface area contributed by atoms with Crippen LogP contribution in [0.1, 0.15) is 28.4 Å². The molecule has 0 radical (unpaired) electrons. The summed E-state index contributed by atoms with van der Waals surface area (Å²) in [5.74, 6) is 0.260. The molecule has 2 amide bonds. The number of hydrazone groups is 1. The highest BCUT2D eigenvalue weighted by Gasteiger charge is 2.10. The van der Waals surface area contributed by atoms with Gasteiger partial charge in [-0.05, 0) is 73.5 Å². The number of hydrogen-bond donors (Lipinski definition) is 3. The molecular weight excluding hydrogens is 422 g/mol. The van der Waals surface area contributed by atoms with Crippen LogP contribution >= 0.6 is 0 Å². The Hall–Kier alpha value is -4.33. The second-order valence-electron chi connectivity index (χ2n) is 7.04. The van der Waals surface area contributed by atoms with E-state index in [4.69, 9.17) is 9.47 Å². The summed E-state index contributed by atoms with van der Waals surface area (Å²) >= 11 is 0. The van der Waals surface area contributed by atoms with Gasteiger partial charge in [0.2, 0.25) is 0 Å². The molecule has 170 valence electrons. The first-order valence-electron chi connectivity index (χ1n) is 10.3. The number of aryl methyl sites for hydroxylation is 1. The van der Waals surface area contributed by atoms with Gasteiger partial charge in [0.05, 0.1) is 12.8 Å². The predicted molar refractivity (Wildman–Crippen MR) is 126 cm³/mol. The van der Waals surface area contributed by atoms with Crippen LogP contribution in [-0.4, -0.2) is 36.3 Å². The number of benzene rings is 3. The third-order valence-electron chi connectivity index (χ3n) is 4.55. The van der Waals surface area contributed by atoms with Crippen LogP contribution in [0.15, 0.2) is 71.8 Å². The molecule has 0 aliphatic heterocycles. The molecule has 0 saturated heterocycles. The molecule has 0 aliphatic rings. The van der Waals surface area contributed by atoms with Gasteiger partial charge in [0.15, 0.2) is 18.1 Å². The average Bonchev–Trinajstić information content (AvgIpc) is 2.80. The molecule has 3 N–H and O–H groups in total. The fourth-order valence-corrected chi connectivity index (χ4v) is 2.88. The lowest BCUT2D eigenvalue weighted by atomic mass is 10.2. The van der Waals surface area contributed by atoms with Crippen molar-refractivity contribution in [1.29, 1.82) is 0 Å². The number of nitrogens with zero attached hydrogens (tertiary/aromatic N) is 1. The Bertz CT molecular complexity index is 1140. The maximum atomic E-state index is 12.3. The normalized spacial score (nSPS) is 10.6. The fraction of sp³-hybridized carbons (Fsp3) is 0.160. The van der Waals surface area contributed by atoms with Gasteiger partial charge in [0, 0.05) is 11.3 Å². The van der Waals surface area contributed by atoms with Gasteiger partial charge in [-0.3, -0.25) is 9.59 Å². The van der Waals surface area contributed by atoms with E-state index in [9.17, 15) is 14.7 Å². The van der Waals surface area contributed by atoms with E-state index in [2.05, 4.69) is 15.8 Å². The van der Waals surface area contributed by atoms with Crippen molar-refractivity contribution in [1.82, 2.24) is 5.43 Å². The molecule has 8 heteroatoms. The van der Waals surface area contributed by atoms with E-state index in [0.29, 0.717) is 29.2 Å². The summed E-state index contributed by atoms with van der Waals surface area (Å²) in [4.78, 5) is 24.3. The molecule has 0 aliphatic carbocycles. The number of nitrogens with one attached hydrogen (secondary N) is 2. The van der Waals surface area contributed by atoms with Crippen LogP contribution in [0.4, 0.5) is 5.69 Å². The zero-order valence-corrected chi connectivity index (χ0v) is 18.4. The number of phenols is 1. The topological polar surface area (TPSA) is 109 Å². The number of amides is 2. The van der Waals surface area contributed by atoms with E-state index in [1.54, 1.807) is 18.2 Å². The molecule has 0 spiro atoms. The minimum absolute atomic E-state index is 0.0773. The highest BCUT2D eigenvalue weighted by atomic mass is 16.5. The summed E-state index contributed by atoms with van der Waals surface area (Å²) in [6, 6.07) is 18.4. The molecule has 0 heterocycles. The molecule has 3 aromatic rings. The Labute approximate surface area is 191 Å². The van der Waals surface area contributed by atoms with Crippen molar-refractivity contribution in [3.8, 4) is 17.2 Å². The molecule has 0 fully saturated rings. The van der Waals surface area contributed by atoms with Gasteiger partial charge in [-0.2, -0.15) is 5.10 Å². The van der Waals surface area contributed by atoms with Crippen molar-refractivity contribution in [2.75, 3.05) is 18.5 Å². The highest BCUT2D eigenvalue weighted by molar-refractivity contribution is 5.95. The van der Waals surface area contributed by atoms with Crippen molar-refractivity contribution in [2.24, 2.45) is 5.10 Å². The fourth-order valence-electron chi connectivity index (χ4n) is 2.88. The lowest BCUT2D eigenvalue weighted by molar-refractivity contribution is -0.118. The lowest BCUT2D eigenvalue weighted by Crippen LogP contribution is -2.20. The monoisotopic (exact) mass is 447 g/mol. The summed E-state index contributed by atoms with van der Waals surface area (Å²) in [5.41, 5.74) is 5.15. The zero-order valence-electron chi connectivity index (χ0n) is 18.4. The first-order valence-corrected chi connectivity index (χ1v) is 10.3. The van der Waals surface area contributed by atoms with Gasteiger partial charge >= 0.3 is 0 Å².